The van der Waals surface area contributed by atoms with Crippen LogP contribution in [0.25, 0.3) is 0 Å². The number of nitrogens with zero attached hydrogens (tertiary/aromatic N) is 2. The standard InChI is InChI=1S/C20H16N2O3/c21-9-13-5-1-3-7-15(13)19(17-11-23-17)25-20(18-12-24-18)16-8-4-2-6-14(16)10-22/h1-8,17-20H,11-12H2. The Balaban J connectivity index is 1.69. The third-order valence-corrected chi connectivity index (χ3v) is 4.46. The van der Waals surface area contributed by atoms with Crippen LogP contribution in [-0.2, 0) is 14.2 Å². The first-order valence-electron chi connectivity index (χ1n) is 8.18. The zero-order valence-electron chi connectivity index (χ0n) is 13.5. The number of epoxide rings is 2. The van der Waals surface area contributed by atoms with E-state index in [1.165, 1.54) is 0 Å². The summed E-state index contributed by atoms with van der Waals surface area (Å²) in [5, 5.41) is 18.8. The Kier molecular flexibility index (Phi) is 4.21. The fraction of sp³-hybridized carbons (Fsp3) is 0.300. The highest BCUT2D eigenvalue weighted by Crippen LogP contribution is 2.41. The molecule has 2 aromatic carbocycles. The average Bonchev–Trinajstić information content (AvgIpc) is 3.56. The zero-order valence-corrected chi connectivity index (χ0v) is 13.5. The Morgan fingerprint density at radius 1 is 0.800 bits per heavy atom. The predicted molar refractivity (Wildman–Crippen MR) is 88.4 cm³/mol. The summed E-state index contributed by atoms with van der Waals surface area (Å²) in [5.41, 5.74) is 2.78. The molecule has 0 aliphatic carbocycles. The van der Waals surface area contributed by atoms with E-state index in [2.05, 4.69) is 12.1 Å². The molecule has 5 nitrogen and oxygen atoms in total. The van der Waals surface area contributed by atoms with Crippen LogP contribution in [0.4, 0.5) is 0 Å². The van der Waals surface area contributed by atoms with Gasteiger partial charge >= 0.3 is 0 Å². The number of hydrogen-bond acceptors (Lipinski definition) is 5. The van der Waals surface area contributed by atoms with Gasteiger partial charge in [-0.1, -0.05) is 36.4 Å². The van der Waals surface area contributed by atoms with Gasteiger partial charge in [0.15, 0.2) is 0 Å². The molecule has 5 heteroatoms. The first-order chi connectivity index (χ1) is 12.3. The second kappa shape index (κ2) is 6.66. The van der Waals surface area contributed by atoms with Crippen LogP contribution in [0.1, 0.15) is 34.5 Å². The van der Waals surface area contributed by atoms with Crippen molar-refractivity contribution in [1.29, 1.82) is 10.5 Å². The minimum atomic E-state index is -0.364. The molecule has 0 N–H and O–H groups in total. The lowest BCUT2D eigenvalue weighted by Gasteiger charge is -2.25. The van der Waals surface area contributed by atoms with Crippen molar-refractivity contribution in [2.75, 3.05) is 13.2 Å². The number of benzene rings is 2. The van der Waals surface area contributed by atoms with Gasteiger partial charge in [0.2, 0.25) is 0 Å². The van der Waals surface area contributed by atoms with Crippen LogP contribution in [0.2, 0.25) is 0 Å². The molecule has 4 atom stereocenters. The van der Waals surface area contributed by atoms with Crippen molar-refractivity contribution in [1.82, 2.24) is 0 Å². The summed E-state index contributed by atoms with van der Waals surface area (Å²) < 4.78 is 17.4. The molecule has 2 aromatic rings. The minimum absolute atomic E-state index is 0.0787. The highest BCUT2D eigenvalue weighted by Gasteiger charge is 2.43. The molecule has 4 rings (SSSR count). The minimum Gasteiger partial charge on any atom is -0.370 e. The summed E-state index contributed by atoms with van der Waals surface area (Å²) in [4.78, 5) is 0. The quantitative estimate of drug-likeness (QED) is 0.759. The Labute approximate surface area is 146 Å². The lowest BCUT2D eigenvalue weighted by Crippen LogP contribution is -2.20. The van der Waals surface area contributed by atoms with Crippen molar-refractivity contribution < 1.29 is 14.2 Å². The van der Waals surface area contributed by atoms with Crippen LogP contribution >= 0.6 is 0 Å². The van der Waals surface area contributed by atoms with Gasteiger partial charge in [-0.3, -0.25) is 0 Å². The maximum absolute atomic E-state index is 9.41. The van der Waals surface area contributed by atoms with E-state index >= 15 is 0 Å². The lowest BCUT2D eigenvalue weighted by atomic mass is 9.98. The van der Waals surface area contributed by atoms with Crippen molar-refractivity contribution >= 4 is 0 Å². The van der Waals surface area contributed by atoms with E-state index < -0.39 is 0 Å². The Morgan fingerprint density at radius 3 is 1.56 bits per heavy atom. The largest absolute Gasteiger partial charge is 0.370 e. The zero-order chi connectivity index (χ0) is 17.2. The summed E-state index contributed by atoms with van der Waals surface area (Å²) in [5.74, 6) is 0. The molecule has 4 unspecified atom stereocenters. The SMILES string of the molecule is N#Cc1ccccc1C(OC(c1ccccc1C#N)C1CO1)C1CO1. The van der Waals surface area contributed by atoms with Gasteiger partial charge in [-0.05, 0) is 12.1 Å². The molecule has 0 amide bonds. The van der Waals surface area contributed by atoms with Crippen LogP contribution in [0, 0.1) is 22.7 Å². The van der Waals surface area contributed by atoms with Crippen molar-refractivity contribution in [2.45, 2.75) is 24.4 Å². The van der Waals surface area contributed by atoms with Gasteiger partial charge in [-0.25, -0.2) is 0 Å². The molecule has 0 radical (unpaired) electrons. The lowest BCUT2D eigenvalue weighted by molar-refractivity contribution is -0.0421. The number of hydrogen-bond donors (Lipinski definition) is 0. The highest BCUT2D eigenvalue weighted by atomic mass is 16.6. The monoisotopic (exact) mass is 332 g/mol. The fourth-order valence-corrected chi connectivity index (χ4v) is 3.03. The van der Waals surface area contributed by atoms with E-state index in [9.17, 15) is 10.5 Å². The van der Waals surface area contributed by atoms with Gasteiger partial charge in [-0.2, -0.15) is 10.5 Å². The first kappa shape index (κ1) is 15.8. The third-order valence-electron chi connectivity index (χ3n) is 4.46. The van der Waals surface area contributed by atoms with Gasteiger partial charge < -0.3 is 14.2 Å². The second-order valence-corrected chi connectivity index (χ2v) is 6.12. The molecule has 2 fully saturated rings. The van der Waals surface area contributed by atoms with Crippen LogP contribution in [0.3, 0.4) is 0 Å². The van der Waals surface area contributed by atoms with Crippen molar-refractivity contribution in [3.8, 4) is 12.1 Å². The van der Waals surface area contributed by atoms with Gasteiger partial charge in [0.1, 0.15) is 24.4 Å². The number of nitriles is 2. The van der Waals surface area contributed by atoms with E-state index in [4.69, 9.17) is 14.2 Å². The molecule has 0 aromatic heterocycles. The van der Waals surface area contributed by atoms with Crippen LogP contribution < -0.4 is 0 Å². The molecular weight excluding hydrogens is 316 g/mol. The molecule has 0 bridgehead atoms. The van der Waals surface area contributed by atoms with E-state index in [1.807, 2.05) is 36.4 Å². The van der Waals surface area contributed by atoms with E-state index in [1.54, 1.807) is 12.1 Å². The van der Waals surface area contributed by atoms with E-state index in [0.717, 1.165) is 11.1 Å². The van der Waals surface area contributed by atoms with Crippen molar-refractivity contribution in [3.63, 3.8) is 0 Å². The maximum atomic E-state index is 9.41. The molecular formula is C20H16N2O3. The molecule has 2 aliphatic heterocycles. The van der Waals surface area contributed by atoms with Crippen LogP contribution in [0.15, 0.2) is 48.5 Å². The molecule has 2 aliphatic rings. The third kappa shape index (κ3) is 3.26. The highest BCUT2D eigenvalue weighted by molar-refractivity contribution is 5.41. The van der Waals surface area contributed by atoms with Gasteiger partial charge in [0.25, 0.3) is 0 Å². The summed E-state index contributed by atoms with van der Waals surface area (Å²) in [6, 6.07) is 19.2. The smallest absolute Gasteiger partial charge is 0.113 e. The Morgan fingerprint density at radius 2 is 1.20 bits per heavy atom. The summed E-state index contributed by atoms with van der Waals surface area (Å²) in [6.07, 6.45) is -0.886. The second-order valence-electron chi connectivity index (χ2n) is 6.12. The Hall–Kier alpha value is -2.70. The molecule has 0 saturated carbocycles. The normalized spacial score (nSPS) is 23.1. The topological polar surface area (TPSA) is 81.9 Å². The number of ether oxygens (including phenoxy) is 3. The van der Waals surface area contributed by atoms with Gasteiger partial charge in [-0.15, -0.1) is 0 Å². The first-order valence-corrected chi connectivity index (χ1v) is 8.18. The molecule has 2 heterocycles. The van der Waals surface area contributed by atoms with E-state index in [-0.39, 0.29) is 24.4 Å². The molecule has 0 spiro atoms. The molecule has 124 valence electrons. The molecule has 25 heavy (non-hydrogen) atoms. The van der Waals surface area contributed by atoms with Gasteiger partial charge in [0, 0.05) is 11.1 Å². The van der Waals surface area contributed by atoms with E-state index in [0.29, 0.717) is 24.3 Å². The maximum Gasteiger partial charge on any atom is 0.113 e. The summed E-state index contributed by atoms with van der Waals surface area (Å²) in [7, 11) is 0. The molecule has 2 saturated heterocycles. The van der Waals surface area contributed by atoms with Crippen molar-refractivity contribution in [2.24, 2.45) is 0 Å². The van der Waals surface area contributed by atoms with Crippen LogP contribution in [0.5, 0.6) is 0 Å². The average molecular weight is 332 g/mol. The Bertz CT molecular complexity index is 788. The van der Waals surface area contributed by atoms with Gasteiger partial charge in [0.05, 0.1) is 36.5 Å². The fourth-order valence-electron chi connectivity index (χ4n) is 3.03. The van der Waals surface area contributed by atoms with Crippen molar-refractivity contribution in [3.05, 3.63) is 70.8 Å². The predicted octanol–water partition coefficient (Wildman–Crippen LogP) is 3.03. The number of rotatable bonds is 6. The summed E-state index contributed by atoms with van der Waals surface area (Å²) in [6.45, 7) is 1.20. The van der Waals surface area contributed by atoms with Crippen LogP contribution in [-0.4, -0.2) is 25.4 Å². The summed E-state index contributed by atoms with van der Waals surface area (Å²) >= 11 is 0.